The van der Waals surface area contributed by atoms with Gasteiger partial charge in [-0.1, -0.05) is 19.9 Å². The van der Waals surface area contributed by atoms with Crippen LogP contribution >= 0.6 is 0 Å². The van der Waals surface area contributed by atoms with Crippen molar-refractivity contribution < 1.29 is 23.0 Å². The molecule has 0 radical (unpaired) electrons. The fourth-order valence-corrected chi connectivity index (χ4v) is 2.74. The van der Waals surface area contributed by atoms with Crippen LogP contribution in [0.5, 0.6) is 11.5 Å². The lowest BCUT2D eigenvalue weighted by Crippen LogP contribution is -2.15. The summed E-state index contributed by atoms with van der Waals surface area (Å²) < 4.78 is 38.0. The number of carbonyl (C=O) groups excluding carboxylic acids is 1. The molecule has 2 N–H and O–H groups in total. The number of H-pyrrole nitrogens is 1. The number of halogens is 2. The standard InChI is InChI=1S/C21H23F2N3O3/c1-3-7-28-18-6-5-13(9-19(18)29-8-4-2)10-20(27)26-21-24-16-11-14(22)15(23)12-17(16)25-21/h5-6,9,11-12H,3-4,7-8,10H2,1-2H3,(H2,24,25,26,27). The Morgan fingerprint density at radius 2 is 1.72 bits per heavy atom. The number of imidazole rings is 1. The number of nitrogens with zero attached hydrogens (tertiary/aromatic N) is 1. The fraction of sp³-hybridized carbons (Fsp3) is 0.333. The lowest BCUT2D eigenvalue weighted by molar-refractivity contribution is -0.115. The van der Waals surface area contributed by atoms with Crippen LogP contribution in [0.1, 0.15) is 32.3 Å². The minimum absolute atomic E-state index is 0.0797. The van der Waals surface area contributed by atoms with Crippen LogP contribution in [-0.2, 0) is 11.2 Å². The van der Waals surface area contributed by atoms with Gasteiger partial charge >= 0.3 is 0 Å². The highest BCUT2D eigenvalue weighted by Gasteiger charge is 2.13. The minimum Gasteiger partial charge on any atom is -0.490 e. The van der Waals surface area contributed by atoms with Gasteiger partial charge in [-0.15, -0.1) is 0 Å². The second kappa shape index (κ2) is 9.36. The Balaban J connectivity index is 1.70. The Labute approximate surface area is 167 Å². The van der Waals surface area contributed by atoms with E-state index in [9.17, 15) is 13.6 Å². The Morgan fingerprint density at radius 1 is 1.03 bits per heavy atom. The van der Waals surface area contributed by atoms with Gasteiger partial charge in [0.1, 0.15) is 0 Å². The van der Waals surface area contributed by atoms with E-state index in [1.54, 1.807) is 18.2 Å². The Hall–Kier alpha value is -3.16. The third kappa shape index (κ3) is 5.22. The van der Waals surface area contributed by atoms with E-state index in [2.05, 4.69) is 15.3 Å². The summed E-state index contributed by atoms with van der Waals surface area (Å²) in [5, 5.41) is 2.61. The monoisotopic (exact) mass is 403 g/mol. The van der Waals surface area contributed by atoms with Crippen molar-refractivity contribution in [1.29, 1.82) is 0 Å². The molecule has 0 unspecified atom stereocenters. The van der Waals surface area contributed by atoms with E-state index in [1.807, 2.05) is 13.8 Å². The molecule has 2 aromatic carbocycles. The van der Waals surface area contributed by atoms with Crippen LogP contribution in [0.15, 0.2) is 30.3 Å². The van der Waals surface area contributed by atoms with Gasteiger partial charge in [-0.3, -0.25) is 10.1 Å². The number of carbonyl (C=O) groups is 1. The highest BCUT2D eigenvalue weighted by Crippen LogP contribution is 2.29. The van der Waals surface area contributed by atoms with E-state index in [1.165, 1.54) is 0 Å². The molecule has 3 aromatic rings. The molecular formula is C21H23F2N3O3. The van der Waals surface area contributed by atoms with Gasteiger partial charge in [0.05, 0.1) is 30.7 Å². The minimum atomic E-state index is -0.994. The van der Waals surface area contributed by atoms with Crippen molar-refractivity contribution in [3.8, 4) is 11.5 Å². The summed E-state index contributed by atoms with van der Waals surface area (Å²) in [5.74, 6) is -0.934. The van der Waals surface area contributed by atoms with Crippen molar-refractivity contribution in [2.24, 2.45) is 0 Å². The topological polar surface area (TPSA) is 76.2 Å². The molecule has 1 heterocycles. The quantitative estimate of drug-likeness (QED) is 0.548. The number of aromatic nitrogens is 2. The molecule has 0 aliphatic rings. The zero-order valence-corrected chi connectivity index (χ0v) is 16.4. The lowest BCUT2D eigenvalue weighted by Gasteiger charge is -2.13. The van der Waals surface area contributed by atoms with E-state index in [-0.39, 0.29) is 23.8 Å². The lowest BCUT2D eigenvalue weighted by atomic mass is 10.1. The fourth-order valence-electron chi connectivity index (χ4n) is 2.74. The number of amides is 1. The van der Waals surface area contributed by atoms with Crippen LogP contribution in [0, 0.1) is 11.6 Å². The van der Waals surface area contributed by atoms with Gasteiger partial charge in [0.2, 0.25) is 11.9 Å². The summed E-state index contributed by atoms with van der Waals surface area (Å²) in [6, 6.07) is 7.34. The first-order chi connectivity index (χ1) is 14.0. The number of fused-ring (bicyclic) bond motifs is 1. The number of hydrogen-bond acceptors (Lipinski definition) is 4. The van der Waals surface area contributed by atoms with Crippen molar-refractivity contribution in [2.75, 3.05) is 18.5 Å². The summed E-state index contributed by atoms with van der Waals surface area (Å²) in [6.07, 6.45) is 1.81. The average molecular weight is 403 g/mol. The van der Waals surface area contributed by atoms with Gasteiger partial charge in [-0.05, 0) is 30.5 Å². The number of benzene rings is 2. The molecule has 0 spiro atoms. The highest BCUT2D eigenvalue weighted by atomic mass is 19.2. The summed E-state index contributed by atoms with van der Waals surface area (Å²) in [4.78, 5) is 19.2. The molecule has 1 amide bonds. The third-order valence-corrected chi connectivity index (χ3v) is 4.08. The highest BCUT2D eigenvalue weighted by molar-refractivity contribution is 5.92. The summed E-state index contributed by atoms with van der Waals surface area (Å²) >= 11 is 0. The molecule has 154 valence electrons. The third-order valence-electron chi connectivity index (χ3n) is 4.08. The molecule has 0 fully saturated rings. The van der Waals surface area contributed by atoms with Crippen LogP contribution in [0.2, 0.25) is 0 Å². The van der Waals surface area contributed by atoms with Gasteiger partial charge in [0.15, 0.2) is 23.1 Å². The Morgan fingerprint density at radius 3 is 2.45 bits per heavy atom. The number of rotatable bonds is 9. The number of hydrogen-bond donors (Lipinski definition) is 2. The number of aromatic amines is 1. The van der Waals surface area contributed by atoms with Crippen LogP contribution in [-0.4, -0.2) is 29.1 Å². The predicted octanol–water partition coefficient (Wildman–Crippen LogP) is 4.60. The molecule has 0 aliphatic carbocycles. The summed E-state index contributed by atoms with van der Waals surface area (Å²) in [6.45, 7) is 5.15. The zero-order valence-electron chi connectivity index (χ0n) is 16.4. The SMILES string of the molecule is CCCOc1ccc(CC(=O)Nc2nc3cc(F)c(F)cc3[nH]2)cc1OCCC. The second-order valence-corrected chi connectivity index (χ2v) is 6.57. The number of ether oxygens (including phenoxy) is 2. The first-order valence-electron chi connectivity index (χ1n) is 9.53. The van der Waals surface area contributed by atoms with Crippen molar-refractivity contribution in [3.05, 3.63) is 47.5 Å². The molecule has 29 heavy (non-hydrogen) atoms. The van der Waals surface area contributed by atoms with Crippen molar-refractivity contribution in [2.45, 2.75) is 33.1 Å². The van der Waals surface area contributed by atoms with Crippen LogP contribution in [0.3, 0.4) is 0 Å². The van der Waals surface area contributed by atoms with Crippen molar-refractivity contribution >= 4 is 22.9 Å². The van der Waals surface area contributed by atoms with Gasteiger partial charge in [-0.25, -0.2) is 13.8 Å². The van der Waals surface area contributed by atoms with Gasteiger partial charge < -0.3 is 14.5 Å². The first-order valence-corrected chi connectivity index (χ1v) is 9.53. The molecule has 6 nitrogen and oxygen atoms in total. The number of nitrogens with one attached hydrogen (secondary N) is 2. The molecule has 0 aliphatic heterocycles. The van der Waals surface area contributed by atoms with Gasteiger partial charge in [0.25, 0.3) is 0 Å². The van der Waals surface area contributed by atoms with E-state index in [0.717, 1.165) is 30.5 Å². The Kier molecular flexibility index (Phi) is 6.64. The second-order valence-electron chi connectivity index (χ2n) is 6.57. The van der Waals surface area contributed by atoms with Crippen LogP contribution in [0.25, 0.3) is 11.0 Å². The summed E-state index contributed by atoms with van der Waals surface area (Å²) in [7, 11) is 0. The molecule has 3 rings (SSSR count). The van der Waals surface area contributed by atoms with E-state index in [0.29, 0.717) is 30.2 Å². The van der Waals surface area contributed by atoms with E-state index < -0.39 is 11.6 Å². The first kappa shape index (κ1) is 20.6. The number of anilines is 1. The molecule has 0 atom stereocenters. The molecular weight excluding hydrogens is 380 g/mol. The van der Waals surface area contributed by atoms with Crippen molar-refractivity contribution in [1.82, 2.24) is 9.97 Å². The average Bonchev–Trinajstić information content (AvgIpc) is 3.06. The van der Waals surface area contributed by atoms with Gasteiger partial charge in [-0.2, -0.15) is 0 Å². The maximum absolute atomic E-state index is 13.3. The Bertz CT molecular complexity index is 965. The van der Waals surface area contributed by atoms with Crippen molar-refractivity contribution in [3.63, 3.8) is 0 Å². The summed E-state index contributed by atoms with van der Waals surface area (Å²) in [5.41, 5.74) is 1.27. The van der Waals surface area contributed by atoms with Gasteiger partial charge in [0, 0.05) is 12.1 Å². The zero-order chi connectivity index (χ0) is 20.8. The molecule has 1 aromatic heterocycles. The van der Waals surface area contributed by atoms with Crippen LogP contribution in [0.4, 0.5) is 14.7 Å². The molecule has 0 saturated carbocycles. The van der Waals surface area contributed by atoms with E-state index in [4.69, 9.17) is 9.47 Å². The molecule has 0 bridgehead atoms. The van der Waals surface area contributed by atoms with E-state index >= 15 is 0 Å². The smallest absolute Gasteiger partial charge is 0.231 e. The maximum Gasteiger partial charge on any atom is 0.231 e. The van der Waals surface area contributed by atoms with Crippen LogP contribution < -0.4 is 14.8 Å². The normalized spacial score (nSPS) is 10.9. The predicted molar refractivity (Wildman–Crippen MR) is 106 cm³/mol. The maximum atomic E-state index is 13.3. The molecule has 8 heteroatoms. The largest absolute Gasteiger partial charge is 0.490 e. The molecule has 0 saturated heterocycles.